The molecule has 3 rings (SSSR count). The fourth-order valence-corrected chi connectivity index (χ4v) is 3.81. The Balaban J connectivity index is 2.44. The monoisotopic (exact) mass is 251 g/mol. The van der Waals surface area contributed by atoms with E-state index in [2.05, 4.69) is 76.0 Å². The van der Waals surface area contributed by atoms with Gasteiger partial charge in [-0.1, -0.05) is 49.8 Å². The van der Waals surface area contributed by atoms with E-state index in [1.807, 2.05) is 0 Å². The van der Waals surface area contributed by atoms with Crippen LogP contribution in [0.2, 0.25) is 0 Å². The van der Waals surface area contributed by atoms with Crippen molar-refractivity contribution in [3.8, 4) is 0 Å². The molecule has 0 unspecified atom stereocenters. The zero-order valence-corrected chi connectivity index (χ0v) is 12.4. The van der Waals surface area contributed by atoms with Crippen molar-refractivity contribution >= 4 is 16.5 Å². The number of anilines is 1. The van der Waals surface area contributed by atoms with Crippen molar-refractivity contribution in [2.75, 3.05) is 11.9 Å². The Kier molecular flexibility index (Phi) is 2.50. The van der Waals surface area contributed by atoms with E-state index in [1.54, 1.807) is 0 Å². The first-order chi connectivity index (χ1) is 8.94. The number of benzene rings is 2. The van der Waals surface area contributed by atoms with Crippen molar-refractivity contribution in [1.82, 2.24) is 0 Å². The number of hydrogen-bond donors (Lipinski definition) is 0. The van der Waals surface area contributed by atoms with Gasteiger partial charge in [0.15, 0.2) is 0 Å². The van der Waals surface area contributed by atoms with Crippen molar-refractivity contribution < 1.29 is 0 Å². The molecule has 0 aromatic heterocycles. The second kappa shape index (κ2) is 3.86. The van der Waals surface area contributed by atoms with Crippen LogP contribution < -0.4 is 4.90 Å². The molecule has 2 aromatic carbocycles. The van der Waals surface area contributed by atoms with Gasteiger partial charge in [-0.25, -0.2) is 0 Å². The molecule has 19 heavy (non-hydrogen) atoms. The summed E-state index contributed by atoms with van der Waals surface area (Å²) in [4.78, 5) is 2.36. The molecular weight excluding hydrogens is 230 g/mol. The number of fused-ring (bicyclic) bond motifs is 3. The van der Waals surface area contributed by atoms with Gasteiger partial charge in [0.25, 0.3) is 0 Å². The van der Waals surface area contributed by atoms with Crippen LogP contribution in [-0.2, 0) is 5.41 Å². The van der Waals surface area contributed by atoms with Gasteiger partial charge in [-0.15, -0.1) is 0 Å². The van der Waals surface area contributed by atoms with Crippen LogP contribution in [0.25, 0.3) is 10.8 Å². The summed E-state index contributed by atoms with van der Waals surface area (Å²) in [5.74, 6) is 0. The standard InChI is InChI=1S/C18H21N/c1-12(2)17-18(3,4)16-14-9-7-6-8-13(14)10-11-15(16)19(17)5/h6-11H,1-5H3. The van der Waals surface area contributed by atoms with Crippen molar-refractivity contribution in [3.05, 3.63) is 53.2 Å². The lowest BCUT2D eigenvalue weighted by Gasteiger charge is -2.26. The second-order valence-electron chi connectivity index (χ2n) is 6.21. The largest absolute Gasteiger partial charge is 0.347 e. The lowest BCUT2D eigenvalue weighted by molar-refractivity contribution is 0.636. The van der Waals surface area contributed by atoms with Gasteiger partial charge in [0, 0.05) is 23.8 Å². The summed E-state index contributed by atoms with van der Waals surface area (Å²) >= 11 is 0. The first-order valence-corrected chi connectivity index (χ1v) is 6.88. The van der Waals surface area contributed by atoms with Crippen LogP contribution in [-0.4, -0.2) is 7.05 Å². The molecule has 1 aliphatic heterocycles. The molecule has 0 amide bonds. The van der Waals surface area contributed by atoms with Gasteiger partial charge in [-0.05, 0) is 36.2 Å². The Morgan fingerprint density at radius 2 is 1.68 bits per heavy atom. The second-order valence-corrected chi connectivity index (χ2v) is 6.21. The molecule has 0 fully saturated rings. The minimum Gasteiger partial charge on any atom is -0.347 e. The highest BCUT2D eigenvalue weighted by Gasteiger charge is 2.40. The summed E-state index contributed by atoms with van der Waals surface area (Å²) in [6.45, 7) is 9.09. The zero-order valence-electron chi connectivity index (χ0n) is 12.4. The minimum absolute atomic E-state index is 0.0732. The van der Waals surface area contributed by atoms with Crippen LogP contribution >= 0.6 is 0 Å². The van der Waals surface area contributed by atoms with Crippen molar-refractivity contribution in [1.29, 1.82) is 0 Å². The van der Waals surface area contributed by atoms with E-state index in [1.165, 1.54) is 33.3 Å². The molecule has 1 heterocycles. The average molecular weight is 251 g/mol. The molecule has 0 bridgehead atoms. The van der Waals surface area contributed by atoms with Gasteiger partial charge in [0.1, 0.15) is 0 Å². The summed E-state index contributed by atoms with van der Waals surface area (Å²) in [7, 11) is 2.19. The highest BCUT2D eigenvalue weighted by molar-refractivity contribution is 5.94. The molecule has 0 aliphatic carbocycles. The summed E-state index contributed by atoms with van der Waals surface area (Å²) in [6.07, 6.45) is 0. The number of rotatable bonds is 0. The normalized spacial score (nSPS) is 16.9. The highest BCUT2D eigenvalue weighted by atomic mass is 15.2. The smallest absolute Gasteiger partial charge is 0.0454 e. The quantitative estimate of drug-likeness (QED) is 0.646. The third-order valence-electron chi connectivity index (χ3n) is 4.29. The number of hydrogen-bond acceptors (Lipinski definition) is 1. The van der Waals surface area contributed by atoms with E-state index in [9.17, 15) is 0 Å². The zero-order chi connectivity index (χ0) is 13.8. The number of nitrogens with zero attached hydrogens (tertiary/aromatic N) is 1. The van der Waals surface area contributed by atoms with Gasteiger partial charge in [-0.2, -0.15) is 0 Å². The first-order valence-electron chi connectivity index (χ1n) is 6.88. The molecule has 1 aliphatic rings. The first kappa shape index (κ1) is 12.3. The number of likely N-dealkylation sites (N-methyl/N-ethyl adjacent to an activating group) is 1. The maximum absolute atomic E-state index is 2.36. The fraction of sp³-hybridized carbons (Fsp3) is 0.333. The predicted molar refractivity (Wildman–Crippen MR) is 83.8 cm³/mol. The summed E-state index contributed by atoms with van der Waals surface area (Å²) in [5.41, 5.74) is 5.71. The van der Waals surface area contributed by atoms with E-state index < -0.39 is 0 Å². The Bertz CT molecular complexity index is 688. The van der Waals surface area contributed by atoms with Crippen LogP contribution in [0.4, 0.5) is 5.69 Å². The minimum atomic E-state index is 0.0732. The molecule has 98 valence electrons. The molecule has 0 saturated carbocycles. The van der Waals surface area contributed by atoms with Gasteiger partial charge < -0.3 is 4.90 Å². The third kappa shape index (κ3) is 1.54. The van der Waals surface area contributed by atoms with E-state index in [0.717, 1.165) is 0 Å². The van der Waals surface area contributed by atoms with Crippen molar-refractivity contribution in [2.24, 2.45) is 0 Å². The molecule has 0 radical (unpaired) electrons. The topological polar surface area (TPSA) is 3.24 Å². The van der Waals surface area contributed by atoms with Gasteiger partial charge in [-0.3, -0.25) is 0 Å². The summed E-state index contributed by atoms with van der Waals surface area (Å²) in [5, 5.41) is 2.71. The van der Waals surface area contributed by atoms with Gasteiger partial charge >= 0.3 is 0 Å². The fourth-order valence-electron chi connectivity index (χ4n) is 3.81. The number of allylic oxidation sites excluding steroid dienone is 2. The molecule has 2 aromatic rings. The van der Waals surface area contributed by atoms with E-state index in [-0.39, 0.29) is 5.41 Å². The molecular formula is C18H21N. The maximum Gasteiger partial charge on any atom is 0.0454 e. The summed E-state index contributed by atoms with van der Waals surface area (Å²) in [6, 6.07) is 13.2. The van der Waals surface area contributed by atoms with Crippen LogP contribution in [0.15, 0.2) is 47.7 Å². The molecule has 0 saturated heterocycles. The van der Waals surface area contributed by atoms with E-state index in [4.69, 9.17) is 0 Å². The van der Waals surface area contributed by atoms with E-state index >= 15 is 0 Å². The summed E-state index contributed by atoms with van der Waals surface area (Å²) < 4.78 is 0. The Morgan fingerprint density at radius 3 is 2.37 bits per heavy atom. The molecule has 0 spiro atoms. The average Bonchev–Trinajstić information content (AvgIpc) is 2.56. The third-order valence-corrected chi connectivity index (χ3v) is 4.29. The Labute approximate surface area is 115 Å². The molecule has 1 nitrogen and oxygen atoms in total. The van der Waals surface area contributed by atoms with E-state index in [0.29, 0.717) is 0 Å². The van der Waals surface area contributed by atoms with Crippen LogP contribution in [0.3, 0.4) is 0 Å². The SMILES string of the molecule is CC(C)=C1N(C)c2ccc3ccccc3c2C1(C)C. The van der Waals surface area contributed by atoms with Crippen LogP contribution in [0, 0.1) is 0 Å². The highest BCUT2D eigenvalue weighted by Crippen LogP contribution is 2.50. The molecule has 0 atom stereocenters. The maximum atomic E-state index is 2.36. The molecule has 0 N–H and O–H groups in total. The lowest BCUT2D eigenvalue weighted by Crippen LogP contribution is -2.24. The van der Waals surface area contributed by atoms with Crippen molar-refractivity contribution in [3.63, 3.8) is 0 Å². The predicted octanol–water partition coefficient (Wildman–Crippen LogP) is 4.86. The lowest BCUT2D eigenvalue weighted by atomic mass is 9.80. The van der Waals surface area contributed by atoms with Gasteiger partial charge in [0.2, 0.25) is 0 Å². The van der Waals surface area contributed by atoms with Crippen LogP contribution in [0.5, 0.6) is 0 Å². The Hall–Kier alpha value is -1.76. The molecule has 1 heteroatoms. The van der Waals surface area contributed by atoms with Gasteiger partial charge in [0.05, 0.1) is 0 Å². The Morgan fingerprint density at radius 1 is 1.00 bits per heavy atom. The van der Waals surface area contributed by atoms with Crippen molar-refractivity contribution in [2.45, 2.75) is 33.1 Å². The van der Waals surface area contributed by atoms with Crippen LogP contribution in [0.1, 0.15) is 33.3 Å².